The highest BCUT2D eigenvalue weighted by Gasteiger charge is 2.32. The van der Waals surface area contributed by atoms with Crippen molar-refractivity contribution < 1.29 is 28.5 Å². The minimum absolute atomic E-state index is 0.0846. The van der Waals surface area contributed by atoms with Crippen LogP contribution in [0.5, 0.6) is 23.0 Å². The molecule has 30 heavy (non-hydrogen) atoms. The number of anilines is 2. The average Bonchev–Trinajstić information content (AvgIpc) is 3.12. The molecule has 1 aliphatic heterocycles. The lowest BCUT2D eigenvalue weighted by atomic mass is 10.2. The van der Waals surface area contributed by atoms with Crippen LogP contribution in [-0.4, -0.2) is 53.0 Å². The standard InChI is InChI=1S/C21H25N3O6/c1-27-16-7-5-13(9-18(16)29-3)22-21(26)23-14-10-20(25)24(12-14)15-6-8-17(28-2)19(11-15)30-4/h5-9,11,14H,10,12H2,1-4H3,(H2,22,23,26)/t14-/m1/s1. The van der Waals surface area contributed by atoms with Gasteiger partial charge in [0.2, 0.25) is 5.91 Å². The zero-order valence-corrected chi connectivity index (χ0v) is 17.4. The van der Waals surface area contributed by atoms with E-state index in [2.05, 4.69) is 10.6 Å². The molecule has 0 aromatic heterocycles. The van der Waals surface area contributed by atoms with Gasteiger partial charge in [-0.1, -0.05) is 0 Å². The molecule has 0 spiro atoms. The highest BCUT2D eigenvalue weighted by atomic mass is 16.5. The molecule has 0 aliphatic carbocycles. The maximum absolute atomic E-state index is 12.5. The molecular weight excluding hydrogens is 390 g/mol. The smallest absolute Gasteiger partial charge is 0.319 e. The van der Waals surface area contributed by atoms with Crippen LogP contribution in [0.4, 0.5) is 16.2 Å². The van der Waals surface area contributed by atoms with Gasteiger partial charge in [0.05, 0.1) is 34.5 Å². The topological polar surface area (TPSA) is 98.4 Å². The molecule has 2 aromatic carbocycles. The van der Waals surface area contributed by atoms with Gasteiger partial charge in [-0.3, -0.25) is 4.79 Å². The number of hydrogen-bond donors (Lipinski definition) is 2. The van der Waals surface area contributed by atoms with Gasteiger partial charge >= 0.3 is 6.03 Å². The van der Waals surface area contributed by atoms with E-state index < -0.39 is 6.03 Å². The van der Waals surface area contributed by atoms with E-state index in [1.165, 1.54) is 14.2 Å². The van der Waals surface area contributed by atoms with Crippen LogP contribution in [-0.2, 0) is 4.79 Å². The summed E-state index contributed by atoms with van der Waals surface area (Å²) in [6, 6.07) is 9.59. The first-order valence-electron chi connectivity index (χ1n) is 9.31. The Morgan fingerprint density at radius 3 is 2.13 bits per heavy atom. The summed E-state index contributed by atoms with van der Waals surface area (Å²) < 4.78 is 21.0. The Balaban J connectivity index is 1.63. The van der Waals surface area contributed by atoms with Crippen LogP contribution in [0.3, 0.4) is 0 Å². The first kappa shape index (κ1) is 21.1. The third-order valence-electron chi connectivity index (χ3n) is 4.78. The maximum Gasteiger partial charge on any atom is 0.319 e. The van der Waals surface area contributed by atoms with E-state index >= 15 is 0 Å². The Hall–Kier alpha value is -3.62. The molecule has 1 heterocycles. The van der Waals surface area contributed by atoms with Crippen molar-refractivity contribution in [2.45, 2.75) is 12.5 Å². The molecule has 3 amide bonds. The summed E-state index contributed by atoms with van der Waals surface area (Å²) in [6.45, 7) is 0.355. The van der Waals surface area contributed by atoms with Gasteiger partial charge in [-0.25, -0.2) is 4.79 Å². The fraction of sp³-hybridized carbons (Fsp3) is 0.333. The molecule has 0 radical (unpaired) electrons. The van der Waals surface area contributed by atoms with Crippen molar-refractivity contribution in [2.75, 3.05) is 45.2 Å². The average molecular weight is 415 g/mol. The predicted molar refractivity (Wildman–Crippen MR) is 112 cm³/mol. The second-order valence-corrected chi connectivity index (χ2v) is 6.61. The van der Waals surface area contributed by atoms with Gasteiger partial charge in [0.15, 0.2) is 23.0 Å². The predicted octanol–water partition coefficient (Wildman–Crippen LogP) is 2.65. The minimum atomic E-state index is -0.408. The third-order valence-corrected chi connectivity index (χ3v) is 4.78. The lowest BCUT2D eigenvalue weighted by Gasteiger charge is -2.19. The van der Waals surface area contributed by atoms with Crippen molar-refractivity contribution in [3.63, 3.8) is 0 Å². The summed E-state index contributed by atoms with van der Waals surface area (Å²) >= 11 is 0. The first-order valence-corrected chi connectivity index (χ1v) is 9.31. The van der Waals surface area contributed by atoms with E-state index in [-0.39, 0.29) is 18.4 Å². The van der Waals surface area contributed by atoms with Gasteiger partial charge in [0, 0.05) is 36.5 Å². The Labute approximate surface area is 174 Å². The van der Waals surface area contributed by atoms with Crippen molar-refractivity contribution in [3.05, 3.63) is 36.4 Å². The Kier molecular flexibility index (Phi) is 6.51. The molecule has 0 saturated carbocycles. The molecule has 1 fully saturated rings. The molecule has 160 valence electrons. The normalized spacial score (nSPS) is 15.5. The van der Waals surface area contributed by atoms with Crippen molar-refractivity contribution >= 4 is 23.3 Å². The number of carbonyl (C=O) groups is 2. The second kappa shape index (κ2) is 9.25. The van der Waals surface area contributed by atoms with Crippen molar-refractivity contribution in [3.8, 4) is 23.0 Å². The quantitative estimate of drug-likeness (QED) is 0.722. The van der Waals surface area contributed by atoms with E-state index in [0.29, 0.717) is 40.9 Å². The monoisotopic (exact) mass is 415 g/mol. The number of benzene rings is 2. The highest BCUT2D eigenvalue weighted by Crippen LogP contribution is 2.33. The number of ether oxygens (including phenoxy) is 4. The maximum atomic E-state index is 12.5. The molecule has 2 N–H and O–H groups in total. The van der Waals surface area contributed by atoms with Crippen molar-refractivity contribution in [1.29, 1.82) is 0 Å². The lowest BCUT2D eigenvalue weighted by Crippen LogP contribution is -2.39. The van der Waals surface area contributed by atoms with Crippen LogP contribution in [0.25, 0.3) is 0 Å². The summed E-state index contributed by atoms with van der Waals surface area (Å²) in [5.74, 6) is 2.10. The number of urea groups is 1. The summed E-state index contributed by atoms with van der Waals surface area (Å²) in [4.78, 5) is 26.5. The van der Waals surface area contributed by atoms with Crippen molar-refractivity contribution in [2.24, 2.45) is 0 Å². The lowest BCUT2D eigenvalue weighted by molar-refractivity contribution is -0.117. The van der Waals surface area contributed by atoms with Crippen molar-refractivity contribution in [1.82, 2.24) is 5.32 Å². The SMILES string of the molecule is COc1ccc(NC(=O)N[C@@H]2CC(=O)N(c3ccc(OC)c(OC)c3)C2)cc1OC. The summed E-state index contributed by atoms with van der Waals surface area (Å²) in [6.07, 6.45) is 0.202. The number of rotatable bonds is 7. The Morgan fingerprint density at radius 2 is 1.50 bits per heavy atom. The molecule has 2 aromatic rings. The van der Waals surface area contributed by atoms with Crippen LogP contribution in [0.15, 0.2) is 36.4 Å². The summed E-state index contributed by atoms with van der Waals surface area (Å²) in [5.41, 5.74) is 1.23. The zero-order chi connectivity index (χ0) is 21.7. The minimum Gasteiger partial charge on any atom is -0.493 e. The largest absolute Gasteiger partial charge is 0.493 e. The third kappa shape index (κ3) is 4.51. The number of nitrogens with zero attached hydrogens (tertiary/aromatic N) is 1. The van der Waals surface area contributed by atoms with E-state index in [4.69, 9.17) is 18.9 Å². The number of amides is 3. The van der Waals surface area contributed by atoms with Crippen LogP contribution >= 0.6 is 0 Å². The molecule has 3 rings (SSSR count). The number of hydrogen-bond acceptors (Lipinski definition) is 6. The molecule has 0 unspecified atom stereocenters. The number of nitrogens with one attached hydrogen (secondary N) is 2. The summed E-state index contributed by atoms with van der Waals surface area (Å²) in [7, 11) is 6.15. The van der Waals surface area contributed by atoms with Crippen LogP contribution < -0.4 is 34.5 Å². The molecule has 0 bridgehead atoms. The molecule has 1 atom stereocenters. The van der Waals surface area contributed by atoms with Crippen LogP contribution in [0.2, 0.25) is 0 Å². The van der Waals surface area contributed by atoms with Gasteiger partial charge in [0.1, 0.15) is 0 Å². The second-order valence-electron chi connectivity index (χ2n) is 6.61. The van der Waals surface area contributed by atoms with Gasteiger partial charge in [-0.15, -0.1) is 0 Å². The highest BCUT2D eigenvalue weighted by molar-refractivity contribution is 5.98. The van der Waals surface area contributed by atoms with Crippen LogP contribution in [0, 0.1) is 0 Å². The Morgan fingerprint density at radius 1 is 0.900 bits per heavy atom. The van der Waals surface area contributed by atoms with E-state index in [9.17, 15) is 9.59 Å². The van der Waals surface area contributed by atoms with Gasteiger partial charge in [-0.05, 0) is 24.3 Å². The fourth-order valence-corrected chi connectivity index (χ4v) is 3.31. The molecule has 9 heteroatoms. The van der Waals surface area contributed by atoms with Gasteiger partial charge < -0.3 is 34.5 Å². The van der Waals surface area contributed by atoms with E-state index in [1.54, 1.807) is 55.5 Å². The first-order chi connectivity index (χ1) is 14.5. The van der Waals surface area contributed by atoms with Gasteiger partial charge in [0.25, 0.3) is 0 Å². The molecular formula is C21H25N3O6. The zero-order valence-electron chi connectivity index (χ0n) is 17.4. The van der Waals surface area contributed by atoms with E-state index in [0.717, 1.165) is 0 Å². The Bertz CT molecular complexity index is 933. The summed E-state index contributed by atoms with van der Waals surface area (Å²) in [5, 5.41) is 5.58. The number of methoxy groups -OCH3 is 4. The van der Waals surface area contributed by atoms with Gasteiger partial charge in [-0.2, -0.15) is 0 Å². The fourth-order valence-electron chi connectivity index (χ4n) is 3.31. The molecule has 1 saturated heterocycles. The van der Waals surface area contributed by atoms with Crippen LogP contribution in [0.1, 0.15) is 6.42 Å². The molecule has 9 nitrogen and oxygen atoms in total. The molecule has 1 aliphatic rings. The van der Waals surface area contributed by atoms with E-state index in [1.807, 2.05) is 0 Å². The number of carbonyl (C=O) groups excluding carboxylic acids is 2.